The van der Waals surface area contributed by atoms with Crippen LogP contribution in [0.5, 0.6) is 5.75 Å². The van der Waals surface area contributed by atoms with Crippen molar-refractivity contribution in [3.63, 3.8) is 0 Å². The minimum Gasteiger partial charge on any atom is -0.491 e. The van der Waals surface area contributed by atoms with E-state index in [-0.39, 0.29) is 5.02 Å². The van der Waals surface area contributed by atoms with Gasteiger partial charge in [-0.05, 0) is 12.1 Å². The Bertz CT molecular complexity index is 275. The van der Waals surface area contributed by atoms with Crippen LogP contribution >= 0.6 is 11.6 Å². The van der Waals surface area contributed by atoms with E-state index in [1.165, 1.54) is 7.11 Å². The highest BCUT2D eigenvalue weighted by Crippen LogP contribution is 2.26. The molecule has 4 heteroatoms. The quantitative estimate of drug-likeness (QED) is 0.601. The van der Waals surface area contributed by atoms with E-state index < -0.39 is 17.4 Å². The first-order valence-electron chi connectivity index (χ1n) is 2.84. The molecule has 0 saturated carbocycles. The Hall–Kier alpha value is -0.830. The zero-order chi connectivity index (χ0) is 8.43. The van der Waals surface area contributed by atoms with Gasteiger partial charge in [-0.3, -0.25) is 0 Å². The van der Waals surface area contributed by atoms with Crippen LogP contribution in [0.15, 0.2) is 12.1 Å². The second-order valence-corrected chi connectivity index (χ2v) is 2.28. The molecule has 0 aliphatic rings. The standard InChI is InChI=1S/C7H5ClF2O/c1-11-7-5(9)3-2-4(8)6(7)10/h2-3H,1H3. The highest BCUT2D eigenvalue weighted by atomic mass is 35.5. The monoisotopic (exact) mass is 178 g/mol. The molecule has 1 aromatic carbocycles. The summed E-state index contributed by atoms with van der Waals surface area (Å²) < 4.78 is 29.8. The van der Waals surface area contributed by atoms with Gasteiger partial charge >= 0.3 is 0 Å². The van der Waals surface area contributed by atoms with Crippen LogP contribution in [0.2, 0.25) is 5.02 Å². The van der Waals surface area contributed by atoms with Gasteiger partial charge in [0.05, 0.1) is 12.1 Å². The third-order valence-electron chi connectivity index (χ3n) is 1.21. The fourth-order valence-electron chi connectivity index (χ4n) is 0.696. The lowest BCUT2D eigenvalue weighted by Gasteiger charge is -2.02. The number of halogens is 3. The fraction of sp³-hybridized carbons (Fsp3) is 0.143. The summed E-state index contributed by atoms with van der Waals surface area (Å²) in [6.45, 7) is 0. The summed E-state index contributed by atoms with van der Waals surface area (Å²) >= 11 is 5.34. The molecule has 0 amide bonds. The predicted molar refractivity (Wildman–Crippen MR) is 37.9 cm³/mol. The van der Waals surface area contributed by atoms with Gasteiger partial charge in [-0.2, -0.15) is 0 Å². The van der Waals surface area contributed by atoms with Gasteiger partial charge in [0.1, 0.15) is 0 Å². The average Bonchev–Trinajstić information content (AvgIpc) is 1.99. The molecule has 0 saturated heterocycles. The predicted octanol–water partition coefficient (Wildman–Crippen LogP) is 2.63. The van der Waals surface area contributed by atoms with E-state index >= 15 is 0 Å². The Morgan fingerprint density at radius 1 is 1.36 bits per heavy atom. The summed E-state index contributed by atoms with van der Waals surface area (Å²) in [7, 11) is 1.18. The highest BCUT2D eigenvalue weighted by Gasteiger charge is 2.11. The van der Waals surface area contributed by atoms with E-state index in [2.05, 4.69) is 4.74 Å². The van der Waals surface area contributed by atoms with Crippen molar-refractivity contribution in [3.8, 4) is 5.75 Å². The number of methoxy groups -OCH3 is 1. The lowest BCUT2D eigenvalue weighted by Crippen LogP contribution is -1.92. The molecule has 0 atom stereocenters. The minimum atomic E-state index is -0.867. The summed E-state index contributed by atoms with van der Waals surface area (Å²) in [5, 5.41) is -0.150. The van der Waals surface area contributed by atoms with E-state index in [1.807, 2.05) is 0 Å². The Labute approximate surface area is 67.5 Å². The summed E-state index contributed by atoms with van der Waals surface area (Å²) in [6, 6.07) is 2.18. The van der Waals surface area contributed by atoms with Gasteiger partial charge in [0.25, 0.3) is 0 Å². The molecule has 11 heavy (non-hydrogen) atoms. The highest BCUT2D eigenvalue weighted by molar-refractivity contribution is 6.30. The summed E-state index contributed by atoms with van der Waals surface area (Å²) in [5.74, 6) is -2.07. The Kier molecular flexibility index (Phi) is 2.29. The number of ether oxygens (including phenoxy) is 1. The van der Waals surface area contributed by atoms with Crippen LogP contribution in [-0.2, 0) is 0 Å². The number of benzene rings is 1. The summed E-state index contributed by atoms with van der Waals surface area (Å²) in [5.41, 5.74) is 0. The van der Waals surface area contributed by atoms with Gasteiger partial charge in [-0.25, -0.2) is 8.78 Å². The van der Waals surface area contributed by atoms with E-state index in [1.54, 1.807) is 0 Å². The number of rotatable bonds is 1. The molecule has 0 aliphatic carbocycles. The molecule has 0 aromatic heterocycles. The van der Waals surface area contributed by atoms with E-state index in [0.29, 0.717) is 0 Å². The zero-order valence-electron chi connectivity index (χ0n) is 5.70. The molecule has 0 unspecified atom stereocenters. The molecule has 1 rings (SSSR count). The topological polar surface area (TPSA) is 9.23 Å². The van der Waals surface area contributed by atoms with E-state index in [9.17, 15) is 8.78 Å². The minimum absolute atomic E-state index is 0.150. The van der Waals surface area contributed by atoms with Gasteiger partial charge < -0.3 is 4.74 Å². The van der Waals surface area contributed by atoms with Crippen LogP contribution in [-0.4, -0.2) is 7.11 Å². The molecular formula is C7H5ClF2O. The van der Waals surface area contributed by atoms with Gasteiger partial charge in [0.15, 0.2) is 17.4 Å². The summed E-state index contributed by atoms with van der Waals surface area (Å²) in [6.07, 6.45) is 0. The van der Waals surface area contributed by atoms with Crippen LogP contribution < -0.4 is 4.74 Å². The molecule has 0 bridgehead atoms. The van der Waals surface area contributed by atoms with Crippen molar-refractivity contribution in [1.29, 1.82) is 0 Å². The molecular weight excluding hydrogens is 174 g/mol. The lowest BCUT2D eigenvalue weighted by molar-refractivity contribution is 0.360. The second-order valence-electron chi connectivity index (χ2n) is 1.88. The van der Waals surface area contributed by atoms with E-state index in [0.717, 1.165) is 12.1 Å². The Morgan fingerprint density at radius 3 is 2.45 bits per heavy atom. The third kappa shape index (κ3) is 1.43. The van der Waals surface area contributed by atoms with Crippen LogP contribution in [0.1, 0.15) is 0 Å². The van der Waals surface area contributed by atoms with Gasteiger partial charge in [0.2, 0.25) is 0 Å². The van der Waals surface area contributed by atoms with Crippen LogP contribution in [0.25, 0.3) is 0 Å². The van der Waals surface area contributed by atoms with Crippen LogP contribution in [0, 0.1) is 11.6 Å². The van der Waals surface area contributed by atoms with Crippen molar-refractivity contribution in [2.24, 2.45) is 0 Å². The van der Waals surface area contributed by atoms with Crippen molar-refractivity contribution in [2.45, 2.75) is 0 Å². The molecule has 0 heterocycles. The molecule has 1 aromatic rings. The van der Waals surface area contributed by atoms with Crippen molar-refractivity contribution >= 4 is 11.6 Å². The summed E-state index contributed by atoms with van der Waals surface area (Å²) in [4.78, 5) is 0. The first-order chi connectivity index (χ1) is 5.16. The maximum Gasteiger partial charge on any atom is 0.191 e. The average molecular weight is 179 g/mol. The molecule has 0 N–H and O–H groups in total. The van der Waals surface area contributed by atoms with Crippen LogP contribution in [0.4, 0.5) is 8.78 Å². The fourth-order valence-corrected chi connectivity index (χ4v) is 0.844. The van der Waals surface area contributed by atoms with Crippen LogP contribution in [0.3, 0.4) is 0 Å². The molecule has 60 valence electrons. The molecule has 0 spiro atoms. The lowest BCUT2D eigenvalue weighted by atomic mass is 10.3. The number of hydrogen-bond acceptors (Lipinski definition) is 1. The van der Waals surface area contributed by atoms with Gasteiger partial charge in [-0.15, -0.1) is 0 Å². The molecule has 1 nitrogen and oxygen atoms in total. The third-order valence-corrected chi connectivity index (χ3v) is 1.50. The zero-order valence-corrected chi connectivity index (χ0v) is 6.45. The second kappa shape index (κ2) is 3.05. The molecule has 0 radical (unpaired) electrons. The molecule has 0 aliphatic heterocycles. The maximum absolute atomic E-state index is 12.8. The Balaban J connectivity index is 3.29. The van der Waals surface area contributed by atoms with Crippen molar-refractivity contribution < 1.29 is 13.5 Å². The Morgan fingerprint density at radius 2 is 2.00 bits per heavy atom. The van der Waals surface area contributed by atoms with Crippen molar-refractivity contribution in [1.82, 2.24) is 0 Å². The molecule has 0 fully saturated rings. The maximum atomic E-state index is 12.8. The van der Waals surface area contributed by atoms with Crippen molar-refractivity contribution in [3.05, 3.63) is 28.8 Å². The SMILES string of the molecule is COc1c(F)ccc(Cl)c1F. The normalized spacial score (nSPS) is 9.82. The first kappa shape index (κ1) is 8.27. The van der Waals surface area contributed by atoms with Gasteiger partial charge in [0, 0.05) is 0 Å². The number of hydrogen-bond donors (Lipinski definition) is 0. The van der Waals surface area contributed by atoms with Crippen molar-refractivity contribution in [2.75, 3.05) is 7.11 Å². The smallest absolute Gasteiger partial charge is 0.191 e. The largest absolute Gasteiger partial charge is 0.491 e. The first-order valence-corrected chi connectivity index (χ1v) is 3.22. The van der Waals surface area contributed by atoms with E-state index in [4.69, 9.17) is 11.6 Å². The van der Waals surface area contributed by atoms with Gasteiger partial charge in [-0.1, -0.05) is 11.6 Å².